The second kappa shape index (κ2) is 3.99. The number of aromatic hydroxyl groups is 1. The lowest BCUT2D eigenvalue weighted by Gasteiger charge is -1.92. The van der Waals surface area contributed by atoms with Gasteiger partial charge in [-0.05, 0) is 18.2 Å². The number of nitrogens with one attached hydrogen (secondary N) is 2. The van der Waals surface area contributed by atoms with E-state index in [4.69, 9.17) is 0 Å². The highest BCUT2D eigenvalue weighted by molar-refractivity contribution is 6.02. The summed E-state index contributed by atoms with van der Waals surface area (Å²) in [6.45, 7) is 0. The van der Waals surface area contributed by atoms with E-state index in [9.17, 15) is 9.50 Å². The van der Waals surface area contributed by atoms with Crippen molar-refractivity contribution in [3.63, 3.8) is 0 Å². The zero-order chi connectivity index (χ0) is 12.5. The zero-order valence-corrected chi connectivity index (χ0v) is 9.18. The van der Waals surface area contributed by atoms with Gasteiger partial charge < -0.3 is 10.1 Å². The molecule has 90 valence electrons. The van der Waals surface area contributed by atoms with Crippen molar-refractivity contribution in [2.75, 3.05) is 0 Å². The maximum absolute atomic E-state index is 13.0. The first-order chi connectivity index (χ1) is 8.74. The number of rotatable bonds is 2. The van der Waals surface area contributed by atoms with Crippen LogP contribution in [-0.2, 0) is 0 Å². The van der Waals surface area contributed by atoms with E-state index in [1.54, 1.807) is 18.3 Å². The van der Waals surface area contributed by atoms with Gasteiger partial charge >= 0.3 is 0 Å². The predicted octanol–water partition coefficient (Wildman–Crippen LogP) is 2.49. The van der Waals surface area contributed by atoms with Crippen molar-refractivity contribution in [2.45, 2.75) is 0 Å². The van der Waals surface area contributed by atoms with Gasteiger partial charge in [-0.3, -0.25) is 5.10 Å². The molecule has 0 bridgehead atoms. The van der Waals surface area contributed by atoms with Crippen LogP contribution in [0.1, 0.15) is 5.56 Å². The minimum absolute atomic E-state index is 0.0427. The number of aromatic amines is 2. The Morgan fingerprint density at radius 3 is 3.00 bits per heavy atom. The molecule has 0 saturated carbocycles. The lowest BCUT2D eigenvalue weighted by atomic mass is 10.2. The largest absolute Gasteiger partial charge is 0.494 e. The molecule has 18 heavy (non-hydrogen) atoms. The van der Waals surface area contributed by atoms with Crippen LogP contribution in [0.15, 0.2) is 35.5 Å². The van der Waals surface area contributed by atoms with Crippen LogP contribution in [0.3, 0.4) is 0 Å². The van der Waals surface area contributed by atoms with Gasteiger partial charge in [-0.15, -0.1) is 0 Å². The average molecular weight is 244 g/mol. The summed E-state index contributed by atoms with van der Waals surface area (Å²) in [4.78, 5) is 6.82. The first kappa shape index (κ1) is 10.5. The number of nitrogens with zero attached hydrogens (tertiary/aromatic N) is 2. The third-order valence-corrected chi connectivity index (χ3v) is 2.60. The smallest absolute Gasteiger partial charge is 0.198 e. The van der Waals surface area contributed by atoms with E-state index >= 15 is 0 Å². The number of fused-ring (bicyclic) bond motifs is 1. The summed E-state index contributed by atoms with van der Waals surface area (Å²) in [7, 11) is 0. The average Bonchev–Trinajstić information content (AvgIpc) is 2.93. The molecule has 0 fully saturated rings. The van der Waals surface area contributed by atoms with Crippen LogP contribution in [0.4, 0.5) is 10.2 Å². The van der Waals surface area contributed by atoms with E-state index in [0.717, 1.165) is 0 Å². The van der Waals surface area contributed by atoms with Gasteiger partial charge in [0, 0.05) is 17.7 Å². The molecular weight excluding hydrogens is 235 g/mol. The minimum Gasteiger partial charge on any atom is -0.494 e. The van der Waals surface area contributed by atoms with Crippen molar-refractivity contribution in [2.24, 2.45) is 4.99 Å². The summed E-state index contributed by atoms with van der Waals surface area (Å²) in [6, 6.07) is 5.95. The number of hydrogen-bond acceptors (Lipinski definition) is 3. The molecule has 2 heterocycles. The normalized spacial score (nSPS) is 11.6. The first-order valence-electron chi connectivity index (χ1n) is 5.27. The number of halogens is 1. The molecule has 3 aromatic rings. The number of H-pyrrole nitrogens is 2. The fourth-order valence-corrected chi connectivity index (χ4v) is 1.76. The van der Waals surface area contributed by atoms with E-state index in [1.165, 1.54) is 18.3 Å². The van der Waals surface area contributed by atoms with Crippen LogP contribution in [-0.4, -0.2) is 26.5 Å². The van der Waals surface area contributed by atoms with Gasteiger partial charge in [0.05, 0.1) is 17.3 Å². The predicted molar refractivity (Wildman–Crippen MR) is 65.8 cm³/mol. The molecule has 0 aliphatic carbocycles. The van der Waals surface area contributed by atoms with Gasteiger partial charge in [-0.2, -0.15) is 5.10 Å². The fraction of sp³-hybridized carbons (Fsp3) is 0. The molecule has 6 heteroatoms. The van der Waals surface area contributed by atoms with E-state index < -0.39 is 0 Å². The minimum atomic E-state index is -0.360. The van der Waals surface area contributed by atoms with E-state index in [0.29, 0.717) is 22.3 Å². The second-order valence-corrected chi connectivity index (χ2v) is 3.78. The van der Waals surface area contributed by atoms with Gasteiger partial charge in [0.25, 0.3) is 0 Å². The SMILES string of the molecule is Oc1[nH]c2cc(F)ccc2c1C=Nc1ccn[nH]1. The van der Waals surface area contributed by atoms with Crippen LogP contribution in [0.2, 0.25) is 0 Å². The van der Waals surface area contributed by atoms with Crippen molar-refractivity contribution in [3.05, 3.63) is 41.8 Å². The highest BCUT2D eigenvalue weighted by atomic mass is 19.1. The Labute approximate surface area is 101 Å². The van der Waals surface area contributed by atoms with Crippen LogP contribution in [0.25, 0.3) is 10.9 Å². The Balaban J connectivity index is 2.09. The summed E-state index contributed by atoms with van der Waals surface area (Å²) in [5.74, 6) is 0.172. The summed E-state index contributed by atoms with van der Waals surface area (Å²) in [5.41, 5.74) is 1.04. The highest BCUT2D eigenvalue weighted by Gasteiger charge is 2.09. The highest BCUT2D eigenvalue weighted by Crippen LogP contribution is 2.26. The van der Waals surface area contributed by atoms with Crippen molar-refractivity contribution in [3.8, 4) is 5.88 Å². The maximum Gasteiger partial charge on any atom is 0.198 e. The molecule has 0 unspecified atom stereocenters. The quantitative estimate of drug-likeness (QED) is 0.605. The standard InChI is InChI=1S/C12H9FN4O/c13-7-1-2-8-9(12(18)16-10(8)5-7)6-14-11-3-4-15-17-11/h1-6,16,18H,(H,15,17). The number of hydrogen-bond donors (Lipinski definition) is 3. The maximum atomic E-state index is 13.0. The fourth-order valence-electron chi connectivity index (χ4n) is 1.76. The third kappa shape index (κ3) is 1.73. The second-order valence-electron chi connectivity index (χ2n) is 3.78. The van der Waals surface area contributed by atoms with Crippen molar-refractivity contribution in [1.82, 2.24) is 15.2 Å². The van der Waals surface area contributed by atoms with Crippen molar-refractivity contribution < 1.29 is 9.50 Å². The van der Waals surface area contributed by atoms with Gasteiger partial charge in [0.15, 0.2) is 5.88 Å². The molecule has 0 aliphatic heterocycles. The topological polar surface area (TPSA) is 77.1 Å². The molecule has 0 atom stereocenters. The van der Waals surface area contributed by atoms with Crippen molar-refractivity contribution in [1.29, 1.82) is 0 Å². The van der Waals surface area contributed by atoms with Crippen molar-refractivity contribution >= 4 is 22.9 Å². The van der Waals surface area contributed by atoms with E-state index in [-0.39, 0.29) is 11.7 Å². The third-order valence-electron chi connectivity index (χ3n) is 2.60. The Kier molecular flexibility index (Phi) is 2.33. The molecule has 0 radical (unpaired) electrons. The summed E-state index contributed by atoms with van der Waals surface area (Å²) in [6.07, 6.45) is 3.08. The number of benzene rings is 1. The molecule has 2 aromatic heterocycles. The number of aliphatic imine (C=N–C) groups is 1. The summed E-state index contributed by atoms with van der Waals surface area (Å²) < 4.78 is 13.0. The molecule has 0 amide bonds. The molecule has 0 spiro atoms. The first-order valence-corrected chi connectivity index (χ1v) is 5.27. The van der Waals surface area contributed by atoms with Crippen LogP contribution in [0.5, 0.6) is 5.88 Å². The lowest BCUT2D eigenvalue weighted by molar-refractivity contribution is 0.457. The van der Waals surface area contributed by atoms with Gasteiger partial charge in [-0.1, -0.05) is 0 Å². The summed E-state index contributed by atoms with van der Waals surface area (Å²) in [5, 5.41) is 16.9. The summed E-state index contributed by atoms with van der Waals surface area (Å²) >= 11 is 0. The zero-order valence-electron chi connectivity index (χ0n) is 9.18. The van der Waals surface area contributed by atoms with Gasteiger partial charge in [0.2, 0.25) is 0 Å². The molecule has 0 aliphatic rings. The Bertz CT molecular complexity index is 715. The molecule has 3 rings (SSSR count). The van der Waals surface area contributed by atoms with Crippen LogP contribution in [0, 0.1) is 5.82 Å². The Morgan fingerprint density at radius 2 is 2.22 bits per heavy atom. The molecule has 5 nitrogen and oxygen atoms in total. The molecule has 0 saturated heterocycles. The Morgan fingerprint density at radius 1 is 1.33 bits per heavy atom. The Hall–Kier alpha value is -2.63. The molecule has 1 aromatic carbocycles. The molecular formula is C12H9FN4O. The van der Waals surface area contributed by atoms with Crippen LogP contribution < -0.4 is 0 Å². The van der Waals surface area contributed by atoms with E-state index in [2.05, 4.69) is 20.2 Å². The van der Waals surface area contributed by atoms with Gasteiger partial charge in [-0.25, -0.2) is 9.38 Å². The number of aromatic nitrogens is 3. The monoisotopic (exact) mass is 244 g/mol. The molecule has 3 N–H and O–H groups in total. The van der Waals surface area contributed by atoms with Crippen LogP contribution >= 0.6 is 0 Å². The van der Waals surface area contributed by atoms with E-state index in [1.807, 2.05) is 0 Å². The van der Waals surface area contributed by atoms with Gasteiger partial charge in [0.1, 0.15) is 11.6 Å². The lowest BCUT2D eigenvalue weighted by Crippen LogP contribution is -1.79.